The normalized spacial score (nSPS) is 15.0. The highest BCUT2D eigenvalue weighted by Crippen LogP contribution is 2.34. The van der Waals surface area contributed by atoms with Gasteiger partial charge in [-0.15, -0.1) is 0 Å². The van der Waals surface area contributed by atoms with Crippen LogP contribution in [0.25, 0.3) is 11.4 Å². The van der Waals surface area contributed by atoms with Crippen molar-refractivity contribution in [3.63, 3.8) is 0 Å². The third-order valence-corrected chi connectivity index (χ3v) is 4.88. The van der Waals surface area contributed by atoms with E-state index in [-0.39, 0.29) is 11.8 Å². The van der Waals surface area contributed by atoms with E-state index in [2.05, 4.69) is 30.5 Å². The number of aromatic nitrogens is 5. The molecule has 1 aliphatic heterocycles. The smallest absolute Gasteiger partial charge is 0.170 e. The van der Waals surface area contributed by atoms with E-state index in [0.717, 1.165) is 11.9 Å². The van der Waals surface area contributed by atoms with Crippen molar-refractivity contribution in [3.05, 3.63) is 35.9 Å². The SMILES string of the molecule is Cn1ncc(F)c1-c1cc(N2CCC(O)CC2)c(C=N)c(Nc2ccn[nH]2)n1. The number of nitrogens with one attached hydrogen (secondary N) is 3. The number of halogens is 1. The van der Waals surface area contributed by atoms with Crippen molar-refractivity contribution < 1.29 is 9.50 Å². The average molecular weight is 384 g/mol. The lowest BCUT2D eigenvalue weighted by atomic mass is 10.0. The summed E-state index contributed by atoms with van der Waals surface area (Å²) in [5, 5.41) is 31.6. The third-order valence-electron chi connectivity index (χ3n) is 4.88. The number of aliphatic hydroxyl groups is 1. The number of rotatable bonds is 5. The van der Waals surface area contributed by atoms with Gasteiger partial charge in [0.1, 0.15) is 17.3 Å². The molecular formula is C18H21FN8O. The molecule has 0 atom stereocenters. The Bertz CT molecular complexity index is 956. The van der Waals surface area contributed by atoms with Crippen LogP contribution in [0.5, 0.6) is 0 Å². The summed E-state index contributed by atoms with van der Waals surface area (Å²) in [6.07, 6.45) is 4.94. The lowest BCUT2D eigenvalue weighted by molar-refractivity contribution is 0.145. The Balaban J connectivity index is 1.85. The lowest BCUT2D eigenvalue weighted by Gasteiger charge is -2.33. The number of hydrogen-bond acceptors (Lipinski definition) is 7. The highest BCUT2D eigenvalue weighted by molar-refractivity contribution is 5.94. The van der Waals surface area contributed by atoms with E-state index in [9.17, 15) is 9.50 Å². The molecule has 0 amide bonds. The van der Waals surface area contributed by atoms with Gasteiger partial charge in [-0.1, -0.05) is 0 Å². The van der Waals surface area contributed by atoms with E-state index >= 15 is 0 Å². The third kappa shape index (κ3) is 3.33. The lowest BCUT2D eigenvalue weighted by Crippen LogP contribution is -2.36. The second kappa shape index (κ2) is 7.39. The van der Waals surface area contributed by atoms with Gasteiger partial charge in [0.05, 0.1) is 35.4 Å². The highest BCUT2D eigenvalue weighted by atomic mass is 19.1. The standard InChI is InChI=1S/C18H21FN8O/c1-26-17(13(19)10-22-26)14-8-15(27-6-3-11(28)4-7-27)12(9-20)18(23-14)24-16-2-5-21-25-16/h2,5,8-11,20,28H,3-4,6-7H2,1H3,(H2,21,23,24,25). The average Bonchev–Trinajstić information content (AvgIpc) is 3.31. The fraction of sp³-hybridized carbons (Fsp3) is 0.333. The largest absolute Gasteiger partial charge is 0.393 e. The van der Waals surface area contributed by atoms with Crippen LogP contribution in [0.2, 0.25) is 0 Å². The summed E-state index contributed by atoms with van der Waals surface area (Å²) in [4.78, 5) is 6.65. The van der Waals surface area contributed by atoms with Gasteiger partial charge < -0.3 is 20.7 Å². The number of aromatic amines is 1. The molecule has 146 valence electrons. The van der Waals surface area contributed by atoms with E-state index < -0.39 is 5.82 Å². The summed E-state index contributed by atoms with van der Waals surface area (Å²) in [5.74, 6) is 0.557. The van der Waals surface area contributed by atoms with Crippen molar-refractivity contribution >= 4 is 23.5 Å². The summed E-state index contributed by atoms with van der Waals surface area (Å²) in [7, 11) is 1.66. The van der Waals surface area contributed by atoms with Gasteiger partial charge in [0, 0.05) is 32.4 Å². The van der Waals surface area contributed by atoms with Crippen molar-refractivity contribution in [1.29, 1.82) is 5.41 Å². The maximum absolute atomic E-state index is 14.4. The minimum Gasteiger partial charge on any atom is -0.393 e. The quantitative estimate of drug-likeness (QED) is 0.500. The fourth-order valence-electron chi connectivity index (χ4n) is 3.42. The van der Waals surface area contributed by atoms with Gasteiger partial charge in [-0.25, -0.2) is 9.37 Å². The van der Waals surface area contributed by atoms with Crippen molar-refractivity contribution in [3.8, 4) is 11.4 Å². The van der Waals surface area contributed by atoms with E-state index in [1.807, 2.05) is 0 Å². The molecular weight excluding hydrogens is 363 g/mol. The minimum absolute atomic E-state index is 0.266. The molecule has 28 heavy (non-hydrogen) atoms. The Morgan fingerprint density at radius 3 is 2.79 bits per heavy atom. The summed E-state index contributed by atoms with van der Waals surface area (Å²) in [6, 6.07) is 3.51. The van der Waals surface area contributed by atoms with Gasteiger partial charge in [-0.2, -0.15) is 10.2 Å². The number of anilines is 3. The maximum Gasteiger partial charge on any atom is 0.170 e. The van der Waals surface area contributed by atoms with Gasteiger partial charge in [0.15, 0.2) is 5.82 Å². The zero-order chi connectivity index (χ0) is 19.7. The van der Waals surface area contributed by atoms with Crippen LogP contribution in [-0.4, -0.2) is 55.5 Å². The highest BCUT2D eigenvalue weighted by Gasteiger charge is 2.24. The molecule has 10 heteroatoms. The van der Waals surface area contributed by atoms with E-state index in [4.69, 9.17) is 5.41 Å². The van der Waals surface area contributed by atoms with E-state index in [0.29, 0.717) is 48.8 Å². The second-order valence-electron chi connectivity index (χ2n) is 6.71. The molecule has 4 heterocycles. The summed E-state index contributed by atoms with van der Waals surface area (Å²) >= 11 is 0. The van der Waals surface area contributed by atoms with Gasteiger partial charge >= 0.3 is 0 Å². The summed E-state index contributed by atoms with van der Waals surface area (Å²) in [5.41, 5.74) is 2.01. The molecule has 1 aliphatic rings. The predicted molar refractivity (Wildman–Crippen MR) is 104 cm³/mol. The fourth-order valence-corrected chi connectivity index (χ4v) is 3.42. The maximum atomic E-state index is 14.4. The molecule has 3 aromatic heterocycles. The first-order chi connectivity index (χ1) is 13.6. The number of aliphatic hydroxyl groups excluding tert-OH is 1. The second-order valence-corrected chi connectivity index (χ2v) is 6.71. The summed E-state index contributed by atoms with van der Waals surface area (Å²) in [6.45, 7) is 1.28. The van der Waals surface area contributed by atoms with Gasteiger partial charge in [-0.3, -0.25) is 9.78 Å². The van der Waals surface area contributed by atoms with Crippen LogP contribution >= 0.6 is 0 Å². The van der Waals surface area contributed by atoms with Gasteiger partial charge in [0.25, 0.3) is 0 Å². The molecule has 0 aliphatic carbocycles. The number of nitrogens with zero attached hydrogens (tertiary/aromatic N) is 5. The predicted octanol–water partition coefficient (Wildman–Crippen LogP) is 2.05. The zero-order valence-corrected chi connectivity index (χ0v) is 15.4. The Hall–Kier alpha value is -3.27. The van der Waals surface area contributed by atoms with Crippen molar-refractivity contribution in [2.24, 2.45) is 7.05 Å². The molecule has 3 aromatic rings. The molecule has 0 spiro atoms. The van der Waals surface area contributed by atoms with Crippen molar-refractivity contribution in [2.75, 3.05) is 23.3 Å². The molecule has 4 rings (SSSR count). The van der Waals surface area contributed by atoms with Crippen LogP contribution in [0.4, 0.5) is 21.7 Å². The molecule has 0 saturated carbocycles. The number of aryl methyl sites for hydroxylation is 1. The van der Waals surface area contributed by atoms with Crippen LogP contribution in [0, 0.1) is 11.2 Å². The van der Waals surface area contributed by atoms with Crippen LogP contribution in [-0.2, 0) is 7.05 Å². The topological polar surface area (TPSA) is 119 Å². The molecule has 1 saturated heterocycles. The van der Waals surface area contributed by atoms with E-state index in [1.165, 1.54) is 10.9 Å². The monoisotopic (exact) mass is 384 g/mol. The first-order valence-corrected chi connectivity index (χ1v) is 8.99. The first-order valence-electron chi connectivity index (χ1n) is 8.99. The Labute approximate surface area is 160 Å². The van der Waals surface area contributed by atoms with Crippen molar-refractivity contribution in [2.45, 2.75) is 18.9 Å². The van der Waals surface area contributed by atoms with Gasteiger partial charge in [0.2, 0.25) is 0 Å². The number of H-pyrrole nitrogens is 1. The number of hydrogen-bond donors (Lipinski definition) is 4. The Kier molecular flexibility index (Phi) is 4.78. The summed E-state index contributed by atoms with van der Waals surface area (Å²) < 4.78 is 15.8. The first kappa shape index (κ1) is 18.1. The van der Waals surface area contributed by atoms with Crippen LogP contribution in [0.3, 0.4) is 0 Å². The number of piperidine rings is 1. The zero-order valence-electron chi connectivity index (χ0n) is 15.4. The molecule has 0 aromatic carbocycles. The van der Waals surface area contributed by atoms with Crippen LogP contribution in [0.15, 0.2) is 24.5 Å². The van der Waals surface area contributed by atoms with Crippen LogP contribution in [0.1, 0.15) is 18.4 Å². The van der Waals surface area contributed by atoms with Crippen LogP contribution < -0.4 is 10.2 Å². The van der Waals surface area contributed by atoms with E-state index in [1.54, 1.807) is 25.4 Å². The molecule has 1 fully saturated rings. The Morgan fingerprint density at radius 1 is 1.39 bits per heavy atom. The minimum atomic E-state index is -0.467. The molecule has 0 bridgehead atoms. The molecule has 9 nitrogen and oxygen atoms in total. The Morgan fingerprint density at radius 2 is 2.18 bits per heavy atom. The molecule has 4 N–H and O–H groups in total. The van der Waals surface area contributed by atoms with Gasteiger partial charge in [-0.05, 0) is 18.9 Å². The molecule has 0 unspecified atom stereocenters. The molecule has 0 radical (unpaired) electrons. The number of pyridine rings is 1. The van der Waals surface area contributed by atoms with Crippen molar-refractivity contribution in [1.82, 2.24) is 25.0 Å².